The number of hydrogen-bond donors (Lipinski definition) is 2. The molecule has 0 aliphatic rings. The Morgan fingerprint density at radius 1 is 1.53 bits per heavy atom. The lowest BCUT2D eigenvalue weighted by Gasteiger charge is -2.26. The van der Waals surface area contributed by atoms with Crippen LogP contribution in [0.25, 0.3) is 0 Å². The molecular formula is C9H18N4OS. The molecule has 3 N–H and O–H groups in total. The molecule has 1 atom stereocenters. The first-order valence-corrected chi connectivity index (χ1v) is 5.83. The van der Waals surface area contributed by atoms with E-state index in [1.54, 1.807) is 4.57 Å². The van der Waals surface area contributed by atoms with Crippen LogP contribution in [-0.4, -0.2) is 31.2 Å². The molecule has 6 heteroatoms. The fourth-order valence-corrected chi connectivity index (χ4v) is 1.97. The second kappa shape index (κ2) is 4.40. The molecular weight excluding hydrogens is 212 g/mol. The minimum atomic E-state index is -0.703. The van der Waals surface area contributed by atoms with Crippen molar-refractivity contribution in [3.8, 4) is 0 Å². The van der Waals surface area contributed by atoms with E-state index in [1.165, 1.54) is 11.8 Å². The van der Waals surface area contributed by atoms with Crippen molar-refractivity contribution >= 4 is 17.7 Å². The minimum absolute atomic E-state index is 0.204. The van der Waals surface area contributed by atoms with Crippen molar-refractivity contribution in [2.45, 2.75) is 31.5 Å². The zero-order valence-electron chi connectivity index (χ0n) is 9.56. The van der Waals surface area contributed by atoms with Gasteiger partial charge in [-0.2, -0.15) is 0 Å². The Morgan fingerprint density at radius 3 is 2.53 bits per heavy atom. The highest BCUT2D eigenvalue weighted by molar-refractivity contribution is 7.99. The highest BCUT2D eigenvalue weighted by atomic mass is 32.2. The average Bonchev–Trinajstić information content (AvgIpc) is 2.45. The SMILES string of the molecule is CC(C)C(C)(O)CSc1nnc(N)n1C. The maximum Gasteiger partial charge on any atom is 0.222 e. The third-order valence-electron chi connectivity index (χ3n) is 2.61. The summed E-state index contributed by atoms with van der Waals surface area (Å²) >= 11 is 1.46. The summed E-state index contributed by atoms with van der Waals surface area (Å²) in [5.74, 6) is 1.17. The predicted molar refractivity (Wildman–Crippen MR) is 61.6 cm³/mol. The van der Waals surface area contributed by atoms with Gasteiger partial charge in [0.25, 0.3) is 0 Å². The van der Waals surface area contributed by atoms with Crippen LogP contribution in [0.2, 0.25) is 0 Å². The van der Waals surface area contributed by atoms with Gasteiger partial charge in [-0.1, -0.05) is 25.6 Å². The molecule has 0 saturated carbocycles. The van der Waals surface area contributed by atoms with E-state index in [-0.39, 0.29) is 5.92 Å². The van der Waals surface area contributed by atoms with E-state index in [2.05, 4.69) is 10.2 Å². The first-order valence-electron chi connectivity index (χ1n) is 4.84. The number of aliphatic hydroxyl groups is 1. The maximum absolute atomic E-state index is 10.0. The molecule has 0 aliphatic carbocycles. The number of hydrogen-bond acceptors (Lipinski definition) is 5. The maximum atomic E-state index is 10.0. The first kappa shape index (κ1) is 12.3. The predicted octanol–water partition coefficient (Wildman–Crippen LogP) is 0.896. The van der Waals surface area contributed by atoms with Crippen LogP contribution in [0, 0.1) is 5.92 Å². The van der Waals surface area contributed by atoms with E-state index in [9.17, 15) is 5.11 Å². The Bertz CT molecular complexity index is 335. The van der Waals surface area contributed by atoms with Crippen LogP contribution in [0.5, 0.6) is 0 Å². The van der Waals surface area contributed by atoms with Crippen LogP contribution in [0.1, 0.15) is 20.8 Å². The molecule has 0 spiro atoms. The Balaban J connectivity index is 2.61. The summed E-state index contributed by atoms with van der Waals surface area (Å²) in [6.07, 6.45) is 0. The normalized spacial score (nSPS) is 15.6. The van der Waals surface area contributed by atoms with Crippen LogP contribution in [0.3, 0.4) is 0 Å². The number of rotatable bonds is 4. The summed E-state index contributed by atoms with van der Waals surface area (Å²) in [7, 11) is 1.81. The molecule has 1 aromatic rings. The highest BCUT2D eigenvalue weighted by Gasteiger charge is 2.25. The fourth-order valence-electron chi connectivity index (χ4n) is 0.829. The lowest BCUT2D eigenvalue weighted by atomic mass is 9.95. The molecule has 0 bridgehead atoms. The van der Waals surface area contributed by atoms with Gasteiger partial charge in [-0.25, -0.2) is 0 Å². The molecule has 0 amide bonds. The fraction of sp³-hybridized carbons (Fsp3) is 0.778. The number of anilines is 1. The molecule has 0 saturated heterocycles. The zero-order valence-corrected chi connectivity index (χ0v) is 10.4. The van der Waals surface area contributed by atoms with E-state index < -0.39 is 5.60 Å². The first-order chi connectivity index (χ1) is 6.84. The van der Waals surface area contributed by atoms with Gasteiger partial charge in [-0.3, -0.25) is 4.57 Å². The second-order valence-electron chi connectivity index (χ2n) is 4.20. The molecule has 0 fully saturated rings. The molecule has 1 rings (SSSR count). The Hall–Kier alpha value is -0.750. The molecule has 1 heterocycles. The Morgan fingerprint density at radius 2 is 2.13 bits per heavy atom. The van der Waals surface area contributed by atoms with Gasteiger partial charge in [0.15, 0.2) is 5.16 Å². The van der Waals surface area contributed by atoms with E-state index in [0.717, 1.165) is 5.16 Å². The van der Waals surface area contributed by atoms with Gasteiger partial charge in [-0.05, 0) is 12.8 Å². The van der Waals surface area contributed by atoms with E-state index in [1.807, 2.05) is 27.8 Å². The van der Waals surface area contributed by atoms with Crippen molar-refractivity contribution in [1.29, 1.82) is 0 Å². The topological polar surface area (TPSA) is 77.0 Å². The number of thioether (sulfide) groups is 1. The molecule has 15 heavy (non-hydrogen) atoms. The van der Waals surface area contributed by atoms with Gasteiger partial charge >= 0.3 is 0 Å². The zero-order chi connectivity index (χ0) is 11.6. The van der Waals surface area contributed by atoms with Gasteiger partial charge in [0.05, 0.1) is 5.60 Å². The molecule has 5 nitrogen and oxygen atoms in total. The van der Waals surface area contributed by atoms with E-state index in [0.29, 0.717) is 11.7 Å². The molecule has 1 aromatic heterocycles. The van der Waals surface area contributed by atoms with Crippen molar-refractivity contribution < 1.29 is 5.11 Å². The van der Waals surface area contributed by atoms with Crippen LogP contribution in [0.15, 0.2) is 5.16 Å². The molecule has 0 radical (unpaired) electrons. The summed E-state index contributed by atoms with van der Waals surface area (Å²) < 4.78 is 1.71. The van der Waals surface area contributed by atoms with E-state index >= 15 is 0 Å². The monoisotopic (exact) mass is 230 g/mol. The summed E-state index contributed by atoms with van der Waals surface area (Å²) in [5.41, 5.74) is 4.85. The Labute approximate surface area is 94.1 Å². The smallest absolute Gasteiger partial charge is 0.222 e. The second-order valence-corrected chi connectivity index (χ2v) is 5.14. The number of aromatic nitrogens is 3. The molecule has 0 aromatic carbocycles. The average molecular weight is 230 g/mol. The van der Waals surface area contributed by atoms with Gasteiger partial charge in [-0.15, -0.1) is 10.2 Å². The van der Waals surface area contributed by atoms with Crippen LogP contribution in [-0.2, 0) is 7.05 Å². The third kappa shape index (κ3) is 2.85. The van der Waals surface area contributed by atoms with Gasteiger partial charge in [0, 0.05) is 12.8 Å². The number of nitrogens with two attached hydrogens (primary N) is 1. The highest BCUT2D eigenvalue weighted by Crippen LogP contribution is 2.26. The van der Waals surface area contributed by atoms with Crippen molar-refractivity contribution in [3.05, 3.63) is 0 Å². The summed E-state index contributed by atoms with van der Waals surface area (Å²) in [6, 6.07) is 0. The lowest BCUT2D eigenvalue weighted by molar-refractivity contribution is 0.0376. The Kier molecular flexibility index (Phi) is 3.62. The lowest BCUT2D eigenvalue weighted by Crippen LogP contribution is -2.33. The quantitative estimate of drug-likeness (QED) is 0.751. The van der Waals surface area contributed by atoms with Gasteiger partial charge in [0.2, 0.25) is 5.95 Å². The van der Waals surface area contributed by atoms with Crippen LogP contribution < -0.4 is 5.73 Å². The number of nitrogen functional groups attached to an aromatic ring is 1. The van der Waals surface area contributed by atoms with Crippen LogP contribution >= 0.6 is 11.8 Å². The largest absolute Gasteiger partial charge is 0.389 e. The number of nitrogens with zero attached hydrogens (tertiary/aromatic N) is 3. The molecule has 1 unspecified atom stereocenters. The minimum Gasteiger partial charge on any atom is -0.389 e. The summed E-state index contributed by atoms with van der Waals surface area (Å²) in [5, 5.41) is 18.4. The van der Waals surface area contributed by atoms with Gasteiger partial charge in [0.1, 0.15) is 0 Å². The van der Waals surface area contributed by atoms with Crippen LogP contribution in [0.4, 0.5) is 5.95 Å². The van der Waals surface area contributed by atoms with E-state index in [4.69, 9.17) is 5.73 Å². The summed E-state index contributed by atoms with van der Waals surface area (Å²) in [6.45, 7) is 5.81. The molecule has 0 aliphatic heterocycles. The molecule has 86 valence electrons. The van der Waals surface area contributed by atoms with Crippen molar-refractivity contribution in [2.75, 3.05) is 11.5 Å². The third-order valence-corrected chi connectivity index (χ3v) is 3.95. The summed E-state index contributed by atoms with van der Waals surface area (Å²) in [4.78, 5) is 0. The van der Waals surface area contributed by atoms with Crippen molar-refractivity contribution in [3.63, 3.8) is 0 Å². The van der Waals surface area contributed by atoms with Crippen molar-refractivity contribution in [1.82, 2.24) is 14.8 Å². The van der Waals surface area contributed by atoms with Gasteiger partial charge < -0.3 is 10.8 Å². The van der Waals surface area contributed by atoms with Crippen molar-refractivity contribution in [2.24, 2.45) is 13.0 Å². The standard InChI is InChI=1S/C9H18N4OS/c1-6(2)9(3,14)5-15-8-12-11-7(10)13(8)4/h6,14H,5H2,1-4H3,(H2,10,11).